The molecule has 1 heterocycles. The van der Waals surface area contributed by atoms with E-state index in [0.717, 1.165) is 29.0 Å². The third-order valence-corrected chi connectivity index (χ3v) is 4.90. The highest BCUT2D eigenvalue weighted by atomic mass is 32.1. The SMILES string of the molecule is Cc1ccc(C(=O)O)cc1-c1ccc(C(=O)Nc2c(F)cccc2F)s1. The number of carbonyl (C=O) groups is 2. The molecule has 0 atom stereocenters. The van der Waals surface area contributed by atoms with Crippen molar-refractivity contribution in [3.05, 3.63) is 76.2 Å². The lowest BCUT2D eigenvalue weighted by Crippen LogP contribution is -2.12. The zero-order chi connectivity index (χ0) is 18.8. The molecule has 3 rings (SSSR count). The quantitative estimate of drug-likeness (QED) is 0.680. The van der Waals surface area contributed by atoms with Crippen molar-refractivity contribution in [3.63, 3.8) is 0 Å². The smallest absolute Gasteiger partial charge is 0.335 e. The van der Waals surface area contributed by atoms with Gasteiger partial charge in [0.25, 0.3) is 5.91 Å². The fourth-order valence-corrected chi connectivity index (χ4v) is 3.40. The van der Waals surface area contributed by atoms with E-state index >= 15 is 0 Å². The number of benzene rings is 2. The number of hydrogen-bond acceptors (Lipinski definition) is 3. The van der Waals surface area contributed by atoms with E-state index in [2.05, 4.69) is 5.32 Å². The van der Waals surface area contributed by atoms with Gasteiger partial charge in [0.15, 0.2) is 0 Å². The summed E-state index contributed by atoms with van der Waals surface area (Å²) >= 11 is 1.11. The molecule has 3 aromatic rings. The number of carboxylic acid groups (broad SMARTS) is 1. The van der Waals surface area contributed by atoms with Crippen LogP contribution in [-0.4, -0.2) is 17.0 Å². The molecule has 1 amide bonds. The molecule has 0 unspecified atom stereocenters. The number of rotatable bonds is 4. The van der Waals surface area contributed by atoms with E-state index in [9.17, 15) is 18.4 Å². The first-order valence-corrected chi connectivity index (χ1v) is 8.38. The molecule has 0 saturated carbocycles. The number of thiophene rings is 1. The predicted octanol–water partition coefficient (Wildman–Crippen LogP) is 4.95. The molecule has 2 N–H and O–H groups in total. The van der Waals surface area contributed by atoms with Crippen molar-refractivity contribution in [2.75, 3.05) is 5.32 Å². The van der Waals surface area contributed by atoms with E-state index in [0.29, 0.717) is 10.4 Å². The van der Waals surface area contributed by atoms with Crippen LogP contribution in [0.3, 0.4) is 0 Å². The lowest BCUT2D eigenvalue weighted by molar-refractivity contribution is 0.0696. The number of para-hydroxylation sites is 1. The zero-order valence-electron chi connectivity index (χ0n) is 13.5. The summed E-state index contributed by atoms with van der Waals surface area (Å²) in [4.78, 5) is 24.4. The largest absolute Gasteiger partial charge is 0.478 e. The summed E-state index contributed by atoms with van der Waals surface area (Å²) in [6.45, 7) is 1.83. The normalized spacial score (nSPS) is 10.6. The molecule has 132 valence electrons. The molecular weight excluding hydrogens is 360 g/mol. The average molecular weight is 373 g/mol. The van der Waals surface area contributed by atoms with Crippen LogP contribution >= 0.6 is 11.3 Å². The van der Waals surface area contributed by atoms with E-state index in [1.807, 2.05) is 6.92 Å². The maximum Gasteiger partial charge on any atom is 0.335 e. The number of aromatic carboxylic acids is 1. The summed E-state index contributed by atoms with van der Waals surface area (Å²) in [6.07, 6.45) is 0. The fraction of sp³-hybridized carbons (Fsp3) is 0.0526. The second-order valence-electron chi connectivity index (χ2n) is 5.55. The van der Waals surface area contributed by atoms with Crippen LogP contribution in [-0.2, 0) is 0 Å². The Kier molecular flexibility index (Phi) is 4.81. The molecule has 2 aromatic carbocycles. The number of carboxylic acids is 1. The zero-order valence-corrected chi connectivity index (χ0v) is 14.4. The number of halogens is 2. The summed E-state index contributed by atoms with van der Waals surface area (Å²) in [6, 6.07) is 11.2. The van der Waals surface area contributed by atoms with Crippen molar-refractivity contribution in [2.45, 2.75) is 6.92 Å². The molecule has 0 bridgehead atoms. The molecule has 0 fully saturated rings. The summed E-state index contributed by atoms with van der Waals surface area (Å²) in [5.41, 5.74) is 1.17. The van der Waals surface area contributed by atoms with Crippen LogP contribution < -0.4 is 5.32 Å². The monoisotopic (exact) mass is 373 g/mol. The molecule has 7 heteroatoms. The van der Waals surface area contributed by atoms with Crippen LogP contribution in [0.15, 0.2) is 48.5 Å². The van der Waals surface area contributed by atoms with Gasteiger partial charge in [0, 0.05) is 4.88 Å². The van der Waals surface area contributed by atoms with E-state index in [1.54, 1.807) is 12.1 Å². The minimum atomic E-state index is -1.05. The molecule has 0 radical (unpaired) electrons. The molecular formula is C19H13F2NO3S. The van der Waals surface area contributed by atoms with Gasteiger partial charge in [-0.15, -0.1) is 11.3 Å². The Morgan fingerprint density at radius 1 is 1.04 bits per heavy atom. The Balaban J connectivity index is 1.90. The van der Waals surface area contributed by atoms with E-state index < -0.39 is 29.2 Å². The van der Waals surface area contributed by atoms with Crippen molar-refractivity contribution < 1.29 is 23.5 Å². The van der Waals surface area contributed by atoms with Gasteiger partial charge < -0.3 is 10.4 Å². The average Bonchev–Trinajstić information content (AvgIpc) is 3.08. The first-order chi connectivity index (χ1) is 12.4. The van der Waals surface area contributed by atoms with Gasteiger partial charge in [0.1, 0.15) is 17.3 Å². The van der Waals surface area contributed by atoms with Crippen LogP contribution in [0, 0.1) is 18.6 Å². The Bertz CT molecular complexity index is 994. The maximum atomic E-state index is 13.7. The van der Waals surface area contributed by atoms with Gasteiger partial charge in [-0.05, 0) is 54.4 Å². The van der Waals surface area contributed by atoms with Gasteiger partial charge in [-0.25, -0.2) is 13.6 Å². The first kappa shape index (κ1) is 17.8. The van der Waals surface area contributed by atoms with Crippen molar-refractivity contribution in [2.24, 2.45) is 0 Å². The van der Waals surface area contributed by atoms with Crippen molar-refractivity contribution in [1.82, 2.24) is 0 Å². The van der Waals surface area contributed by atoms with Gasteiger partial charge >= 0.3 is 5.97 Å². The van der Waals surface area contributed by atoms with Gasteiger partial charge in [0.2, 0.25) is 0 Å². The van der Waals surface area contributed by atoms with Gasteiger partial charge in [-0.3, -0.25) is 4.79 Å². The molecule has 0 aliphatic carbocycles. The number of amides is 1. The molecule has 4 nitrogen and oxygen atoms in total. The third kappa shape index (κ3) is 3.48. The molecule has 0 spiro atoms. The maximum absolute atomic E-state index is 13.7. The second kappa shape index (κ2) is 7.05. The lowest BCUT2D eigenvalue weighted by atomic mass is 10.0. The number of carbonyl (C=O) groups excluding carboxylic acids is 1. The lowest BCUT2D eigenvalue weighted by Gasteiger charge is -2.06. The van der Waals surface area contributed by atoms with Crippen molar-refractivity contribution in [3.8, 4) is 10.4 Å². The standard InChI is InChI=1S/C19H13F2NO3S/c1-10-5-6-11(19(24)25)9-12(10)15-7-8-16(26-15)18(23)22-17-13(20)3-2-4-14(17)21/h2-9H,1H3,(H,22,23)(H,24,25). The van der Waals surface area contributed by atoms with Crippen LogP contribution in [0.1, 0.15) is 25.6 Å². The topological polar surface area (TPSA) is 66.4 Å². The van der Waals surface area contributed by atoms with Crippen LogP contribution in [0.4, 0.5) is 14.5 Å². The minimum Gasteiger partial charge on any atom is -0.478 e. The Labute approximate surface area is 151 Å². The molecule has 1 aromatic heterocycles. The third-order valence-electron chi connectivity index (χ3n) is 3.78. The van der Waals surface area contributed by atoms with Gasteiger partial charge in [-0.2, -0.15) is 0 Å². The second-order valence-corrected chi connectivity index (χ2v) is 6.63. The van der Waals surface area contributed by atoms with Gasteiger partial charge in [-0.1, -0.05) is 12.1 Å². The van der Waals surface area contributed by atoms with Crippen LogP contribution in [0.25, 0.3) is 10.4 Å². The number of aryl methyl sites for hydroxylation is 1. The Hall–Kier alpha value is -3.06. The minimum absolute atomic E-state index is 0.137. The van der Waals surface area contributed by atoms with Crippen molar-refractivity contribution in [1.29, 1.82) is 0 Å². The summed E-state index contributed by atoms with van der Waals surface area (Å²) in [7, 11) is 0. The van der Waals surface area contributed by atoms with Crippen molar-refractivity contribution >= 4 is 28.9 Å². The Morgan fingerprint density at radius 3 is 2.38 bits per heavy atom. The van der Waals surface area contributed by atoms with Crippen LogP contribution in [0.5, 0.6) is 0 Å². The summed E-state index contributed by atoms with van der Waals surface area (Å²) in [5.74, 6) is -3.41. The summed E-state index contributed by atoms with van der Waals surface area (Å²) in [5, 5.41) is 11.4. The first-order valence-electron chi connectivity index (χ1n) is 7.56. The predicted molar refractivity (Wildman–Crippen MR) is 95.8 cm³/mol. The summed E-state index contributed by atoms with van der Waals surface area (Å²) < 4.78 is 27.3. The van der Waals surface area contributed by atoms with E-state index in [1.165, 1.54) is 24.3 Å². The van der Waals surface area contributed by atoms with Gasteiger partial charge in [0.05, 0.1) is 10.4 Å². The van der Waals surface area contributed by atoms with Crippen LogP contribution in [0.2, 0.25) is 0 Å². The van der Waals surface area contributed by atoms with E-state index in [-0.39, 0.29) is 10.4 Å². The Morgan fingerprint density at radius 2 is 1.73 bits per heavy atom. The highest BCUT2D eigenvalue weighted by Crippen LogP contribution is 2.32. The van der Waals surface area contributed by atoms with E-state index in [4.69, 9.17) is 5.11 Å². The highest BCUT2D eigenvalue weighted by molar-refractivity contribution is 7.17. The highest BCUT2D eigenvalue weighted by Gasteiger charge is 2.16. The number of hydrogen-bond donors (Lipinski definition) is 2. The number of nitrogens with one attached hydrogen (secondary N) is 1. The molecule has 26 heavy (non-hydrogen) atoms. The molecule has 0 aliphatic heterocycles. The molecule has 0 aliphatic rings. The fourth-order valence-electron chi connectivity index (χ4n) is 2.42. The number of anilines is 1. The molecule has 0 saturated heterocycles.